The number of rotatable bonds is 5. The maximum absolute atomic E-state index is 13.6. The molecular weight excluding hydrogens is 342 g/mol. The quantitative estimate of drug-likeness (QED) is 0.809. The molecule has 0 aliphatic rings. The summed E-state index contributed by atoms with van der Waals surface area (Å²) in [6, 6.07) is 7.73. The van der Waals surface area contributed by atoms with Gasteiger partial charge < -0.3 is 10.4 Å². The van der Waals surface area contributed by atoms with E-state index < -0.39 is 47.5 Å². The summed E-state index contributed by atoms with van der Waals surface area (Å²) in [5.41, 5.74) is -1.66. The summed E-state index contributed by atoms with van der Waals surface area (Å²) >= 11 is 0. The average molecular weight is 355 g/mol. The van der Waals surface area contributed by atoms with Crippen molar-refractivity contribution in [2.24, 2.45) is 0 Å². The Balaban J connectivity index is 2.25. The van der Waals surface area contributed by atoms with Crippen molar-refractivity contribution in [1.82, 2.24) is 5.32 Å². The number of hydrogen-bond acceptors (Lipinski definition) is 2. The molecule has 8 heteroatoms. The van der Waals surface area contributed by atoms with Crippen molar-refractivity contribution in [2.75, 3.05) is 0 Å². The Hall–Kier alpha value is -2.90. The van der Waals surface area contributed by atoms with E-state index in [1.165, 1.54) is 24.3 Å². The van der Waals surface area contributed by atoms with Gasteiger partial charge in [0, 0.05) is 6.42 Å². The molecule has 132 valence electrons. The van der Waals surface area contributed by atoms with Gasteiger partial charge in [-0.05, 0) is 23.8 Å². The first-order valence-corrected chi connectivity index (χ1v) is 7.13. The van der Waals surface area contributed by atoms with Gasteiger partial charge in [-0.3, -0.25) is 4.79 Å². The fourth-order valence-electron chi connectivity index (χ4n) is 2.28. The smallest absolute Gasteiger partial charge is 0.416 e. The number of benzene rings is 2. The molecule has 1 amide bonds. The van der Waals surface area contributed by atoms with E-state index >= 15 is 0 Å². The SMILES string of the molecule is O=C(N[C@@H](Cc1ccccc1C(F)(F)F)C(=O)O)c1ccccc1F. The van der Waals surface area contributed by atoms with Crippen molar-refractivity contribution >= 4 is 11.9 Å². The maximum atomic E-state index is 13.6. The fourth-order valence-corrected chi connectivity index (χ4v) is 2.28. The van der Waals surface area contributed by atoms with Gasteiger partial charge in [-0.1, -0.05) is 30.3 Å². The summed E-state index contributed by atoms with van der Waals surface area (Å²) in [7, 11) is 0. The molecule has 2 rings (SSSR count). The van der Waals surface area contributed by atoms with Gasteiger partial charge in [0.2, 0.25) is 0 Å². The van der Waals surface area contributed by atoms with Gasteiger partial charge in [-0.15, -0.1) is 0 Å². The van der Waals surface area contributed by atoms with E-state index in [9.17, 15) is 32.3 Å². The van der Waals surface area contributed by atoms with Gasteiger partial charge in [0.05, 0.1) is 11.1 Å². The Bertz CT molecular complexity index is 789. The minimum Gasteiger partial charge on any atom is -0.480 e. The second-order valence-corrected chi connectivity index (χ2v) is 5.20. The molecule has 0 saturated heterocycles. The lowest BCUT2D eigenvalue weighted by molar-refractivity contribution is -0.141. The zero-order valence-corrected chi connectivity index (χ0v) is 12.7. The summed E-state index contributed by atoms with van der Waals surface area (Å²) in [6.07, 6.45) is -5.25. The lowest BCUT2D eigenvalue weighted by Gasteiger charge is -2.18. The van der Waals surface area contributed by atoms with E-state index in [1.54, 1.807) is 0 Å². The van der Waals surface area contributed by atoms with Crippen molar-refractivity contribution in [3.8, 4) is 0 Å². The van der Waals surface area contributed by atoms with E-state index in [1.807, 2.05) is 0 Å². The Kier molecular flexibility index (Phi) is 5.41. The zero-order chi connectivity index (χ0) is 18.6. The monoisotopic (exact) mass is 355 g/mol. The number of carbonyl (C=O) groups excluding carboxylic acids is 1. The molecule has 0 aromatic heterocycles. The van der Waals surface area contributed by atoms with E-state index in [0.29, 0.717) is 0 Å². The molecule has 0 spiro atoms. The van der Waals surface area contributed by atoms with Crippen molar-refractivity contribution in [3.63, 3.8) is 0 Å². The van der Waals surface area contributed by atoms with Crippen LogP contribution in [0, 0.1) is 5.82 Å². The molecular formula is C17H13F4NO3. The van der Waals surface area contributed by atoms with Crippen molar-refractivity contribution < 1.29 is 32.3 Å². The first-order chi connectivity index (χ1) is 11.7. The normalized spacial score (nSPS) is 12.5. The standard InChI is InChI=1S/C17H13F4NO3/c18-13-8-4-2-6-11(13)15(23)22-14(16(24)25)9-10-5-1-3-7-12(10)17(19,20)21/h1-8,14H,9H2,(H,22,23)(H,24,25)/t14-/m0/s1. The predicted molar refractivity (Wildman–Crippen MR) is 80.4 cm³/mol. The van der Waals surface area contributed by atoms with Gasteiger partial charge in [-0.25, -0.2) is 9.18 Å². The zero-order valence-electron chi connectivity index (χ0n) is 12.7. The fraction of sp³-hybridized carbons (Fsp3) is 0.176. The van der Waals surface area contributed by atoms with Gasteiger partial charge in [0.1, 0.15) is 11.9 Å². The van der Waals surface area contributed by atoms with Crippen molar-refractivity contribution in [1.29, 1.82) is 0 Å². The molecule has 0 unspecified atom stereocenters. The van der Waals surface area contributed by atoms with Crippen LogP contribution in [0.1, 0.15) is 21.5 Å². The molecule has 25 heavy (non-hydrogen) atoms. The van der Waals surface area contributed by atoms with Crippen LogP contribution in [-0.4, -0.2) is 23.0 Å². The van der Waals surface area contributed by atoms with Crippen LogP contribution in [0.5, 0.6) is 0 Å². The largest absolute Gasteiger partial charge is 0.480 e. The van der Waals surface area contributed by atoms with E-state index in [-0.39, 0.29) is 5.56 Å². The number of amides is 1. The highest BCUT2D eigenvalue weighted by atomic mass is 19.4. The Labute approximate surface area is 140 Å². The van der Waals surface area contributed by atoms with E-state index in [0.717, 1.165) is 24.3 Å². The van der Waals surface area contributed by atoms with Crippen LogP contribution in [0.2, 0.25) is 0 Å². The summed E-state index contributed by atoms with van der Waals surface area (Å²) in [5, 5.41) is 11.3. The Morgan fingerprint density at radius 1 is 1.04 bits per heavy atom. The summed E-state index contributed by atoms with van der Waals surface area (Å²) in [6.45, 7) is 0. The average Bonchev–Trinajstić information content (AvgIpc) is 2.54. The molecule has 0 aliphatic carbocycles. The first-order valence-electron chi connectivity index (χ1n) is 7.13. The highest BCUT2D eigenvalue weighted by Crippen LogP contribution is 2.32. The molecule has 2 N–H and O–H groups in total. The van der Waals surface area contributed by atoms with Crippen LogP contribution in [0.4, 0.5) is 17.6 Å². The topological polar surface area (TPSA) is 66.4 Å². The van der Waals surface area contributed by atoms with Crippen LogP contribution in [0.25, 0.3) is 0 Å². The molecule has 0 heterocycles. The summed E-state index contributed by atoms with van der Waals surface area (Å²) < 4.78 is 52.6. The predicted octanol–water partition coefficient (Wildman–Crippen LogP) is 3.27. The van der Waals surface area contributed by atoms with Crippen LogP contribution in [0.15, 0.2) is 48.5 Å². The molecule has 2 aromatic carbocycles. The van der Waals surface area contributed by atoms with E-state index in [2.05, 4.69) is 5.32 Å². The second kappa shape index (κ2) is 7.33. The van der Waals surface area contributed by atoms with Crippen LogP contribution >= 0.6 is 0 Å². The number of carboxylic acids is 1. The second-order valence-electron chi connectivity index (χ2n) is 5.20. The molecule has 0 radical (unpaired) electrons. The number of nitrogens with one attached hydrogen (secondary N) is 1. The third-order valence-electron chi connectivity index (χ3n) is 3.47. The molecule has 0 saturated carbocycles. The van der Waals surface area contributed by atoms with Crippen molar-refractivity contribution in [2.45, 2.75) is 18.6 Å². The minimum atomic E-state index is -4.66. The van der Waals surface area contributed by atoms with Crippen LogP contribution in [-0.2, 0) is 17.4 Å². The van der Waals surface area contributed by atoms with Crippen LogP contribution < -0.4 is 5.32 Å². The summed E-state index contributed by atoms with van der Waals surface area (Å²) in [4.78, 5) is 23.3. The first kappa shape index (κ1) is 18.4. The van der Waals surface area contributed by atoms with Gasteiger partial charge in [0.25, 0.3) is 5.91 Å². The Morgan fingerprint density at radius 3 is 2.24 bits per heavy atom. The highest BCUT2D eigenvalue weighted by Gasteiger charge is 2.34. The number of alkyl halides is 3. The Morgan fingerprint density at radius 2 is 1.64 bits per heavy atom. The third kappa shape index (κ3) is 4.56. The molecule has 2 aromatic rings. The lowest BCUT2D eigenvalue weighted by Crippen LogP contribution is -2.42. The molecule has 1 atom stereocenters. The third-order valence-corrected chi connectivity index (χ3v) is 3.47. The highest BCUT2D eigenvalue weighted by molar-refractivity contribution is 5.96. The van der Waals surface area contributed by atoms with Gasteiger partial charge >= 0.3 is 12.1 Å². The maximum Gasteiger partial charge on any atom is 0.416 e. The van der Waals surface area contributed by atoms with Crippen LogP contribution in [0.3, 0.4) is 0 Å². The van der Waals surface area contributed by atoms with Gasteiger partial charge in [-0.2, -0.15) is 13.2 Å². The van der Waals surface area contributed by atoms with Crippen molar-refractivity contribution in [3.05, 3.63) is 71.0 Å². The van der Waals surface area contributed by atoms with E-state index in [4.69, 9.17) is 0 Å². The molecule has 0 bridgehead atoms. The number of hydrogen-bond donors (Lipinski definition) is 2. The number of halogens is 4. The molecule has 4 nitrogen and oxygen atoms in total. The summed E-state index contributed by atoms with van der Waals surface area (Å²) in [5.74, 6) is -3.41. The van der Waals surface area contributed by atoms with Gasteiger partial charge in [0.15, 0.2) is 0 Å². The minimum absolute atomic E-state index is 0.281. The number of carboxylic acid groups (broad SMARTS) is 1. The number of carbonyl (C=O) groups is 2. The molecule has 0 fully saturated rings. The lowest BCUT2D eigenvalue weighted by atomic mass is 9.99. The molecule has 0 aliphatic heterocycles. The number of aliphatic carboxylic acids is 1.